The van der Waals surface area contributed by atoms with Gasteiger partial charge in [0.2, 0.25) is 5.89 Å². The lowest BCUT2D eigenvalue weighted by molar-refractivity contribution is 0.367. The number of benzene rings is 1. The van der Waals surface area contributed by atoms with E-state index >= 15 is 0 Å². The van der Waals surface area contributed by atoms with Crippen LogP contribution in [0.2, 0.25) is 5.02 Å². The predicted molar refractivity (Wildman–Crippen MR) is 61.3 cm³/mol. The smallest absolute Gasteiger partial charge is 0.240 e. The topological polar surface area (TPSA) is 51.0 Å². The van der Waals surface area contributed by atoms with Gasteiger partial charge >= 0.3 is 0 Å². The molecule has 0 unspecified atom stereocenters. The Morgan fingerprint density at radius 1 is 1.31 bits per heavy atom. The molecule has 1 aromatic heterocycles. The van der Waals surface area contributed by atoms with E-state index in [9.17, 15) is 0 Å². The van der Waals surface area contributed by atoms with E-state index in [-0.39, 0.29) is 0 Å². The highest BCUT2D eigenvalue weighted by atomic mass is 35.5. The van der Waals surface area contributed by atoms with Crippen molar-refractivity contribution in [3.63, 3.8) is 0 Å². The quantitative estimate of drug-likeness (QED) is 0.884. The van der Waals surface area contributed by atoms with Gasteiger partial charge in [-0.15, -0.1) is 0 Å². The largest absolute Gasteiger partial charge is 0.338 e. The van der Waals surface area contributed by atoms with Crippen molar-refractivity contribution >= 4 is 11.6 Å². The fourth-order valence-electron chi connectivity index (χ4n) is 1.37. The Labute approximate surface area is 98.6 Å². The molecule has 0 atom stereocenters. The normalized spacial score (nSPS) is 10.6. The van der Waals surface area contributed by atoms with Crippen LogP contribution in [0.4, 0.5) is 0 Å². The summed E-state index contributed by atoms with van der Waals surface area (Å²) < 4.78 is 5.05. The van der Waals surface area contributed by atoms with Crippen LogP contribution in [0.5, 0.6) is 0 Å². The number of aromatic nitrogens is 2. The van der Waals surface area contributed by atoms with Crippen LogP contribution in [-0.2, 0) is 13.0 Å². The highest BCUT2D eigenvalue weighted by Crippen LogP contribution is 2.12. The van der Waals surface area contributed by atoms with Crippen LogP contribution >= 0.6 is 11.6 Å². The molecule has 1 aromatic carbocycles. The maximum absolute atomic E-state index is 5.80. The van der Waals surface area contributed by atoms with E-state index < -0.39 is 0 Å². The zero-order chi connectivity index (χ0) is 11.4. The van der Waals surface area contributed by atoms with Gasteiger partial charge in [0, 0.05) is 11.4 Å². The molecule has 0 bridgehead atoms. The first kappa shape index (κ1) is 11.1. The van der Waals surface area contributed by atoms with Crippen molar-refractivity contribution in [2.75, 3.05) is 7.05 Å². The number of halogens is 1. The van der Waals surface area contributed by atoms with Gasteiger partial charge in [-0.2, -0.15) is 4.98 Å². The van der Waals surface area contributed by atoms with Gasteiger partial charge < -0.3 is 9.84 Å². The minimum absolute atomic E-state index is 0.591. The van der Waals surface area contributed by atoms with Crippen molar-refractivity contribution in [1.82, 2.24) is 15.5 Å². The van der Waals surface area contributed by atoms with Gasteiger partial charge in [0.15, 0.2) is 5.82 Å². The van der Waals surface area contributed by atoms with Crippen LogP contribution in [0.3, 0.4) is 0 Å². The van der Waals surface area contributed by atoms with Crippen LogP contribution in [-0.4, -0.2) is 17.2 Å². The van der Waals surface area contributed by atoms with Crippen molar-refractivity contribution < 1.29 is 4.52 Å². The third-order valence-corrected chi connectivity index (χ3v) is 2.37. The Morgan fingerprint density at radius 3 is 2.75 bits per heavy atom. The van der Waals surface area contributed by atoms with E-state index in [0.717, 1.165) is 10.6 Å². The molecule has 1 N–H and O–H groups in total. The van der Waals surface area contributed by atoms with Crippen molar-refractivity contribution in [3.05, 3.63) is 46.6 Å². The summed E-state index contributed by atoms with van der Waals surface area (Å²) in [5.74, 6) is 1.29. The van der Waals surface area contributed by atoms with Crippen LogP contribution in [0.15, 0.2) is 28.8 Å². The number of nitrogens with one attached hydrogen (secondary N) is 1. The molecule has 0 saturated heterocycles. The molecule has 16 heavy (non-hydrogen) atoms. The van der Waals surface area contributed by atoms with Gasteiger partial charge in [0.1, 0.15) is 0 Å². The van der Waals surface area contributed by atoms with Crippen LogP contribution in [0, 0.1) is 0 Å². The van der Waals surface area contributed by atoms with Crippen LogP contribution in [0.25, 0.3) is 0 Å². The van der Waals surface area contributed by atoms with E-state index in [0.29, 0.717) is 24.7 Å². The molecule has 5 heteroatoms. The van der Waals surface area contributed by atoms with Gasteiger partial charge in [-0.3, -0.25) is 0 Å². The lowest BCUT2D eigenvalue weighted by atomic mass is 10.1. The first-order valence-electron chi connectivity index (χ1n) is 4.98. The van der Waals surface area contributed by atoms with Gasteiger partial charge in [-0.1, -0.05) is 28.9 Å². The number of hydrogen-bond acceptors (Lipinski definition) is 4. The van der Waals surface area contributed by atoms with Crippen molar-refractivity contribution in [1.29, 1.82) is 0 Å². The highest BCUT2D eigenvalue weighted by Gasteiger charge is 2.05. The van der Waals surface area contributed by atoms with Crippen molar-refractivity contribution in [2.24, 2.45) is 0 Å². The molecule has 0 aliphatic heterocycles. The van der Waals surface area contributed by atoms with Gasteiger partial charge in [-0.25, -0.2) is 0 Å². The lowest BCUT2D eigenvalue weighted by Gasteiger charge is -1.96. The molecule has 1 heterocycles. The van der Waals surface area contributed by atoms with Gasteiger partial charge in [-0.05, 0) is 24.7 Å². The summed E-state index contributed by atoms with van der Waals surface area (Å²) in [5.41, 5.74) is 1.11. The standard InChI is InChI=1S/C11H12ClN3O/c1-13-7-11-14-10(15-16-11)6-8-2-4-9(12)5-3-8/h2-5,13H,6-7H2,1H3. The summed E-state index contributed by atoms with van der Waals surface area (Å²) in [7, 11) is 1.84. The Hall–Kier alpha value is -1.39. The second-order valence-corrected chi connectivity index (χ2v) is 3.87. The SMILES string of the molecule is CNCc1nc(Cc2ccc(Cl)cc2)no1. The fourth-order valence-corrected chi connectivity index (χ4v) is 1.50. The molecule has 0 aliphatic rings. The number of nitrogens with zero attached hydrogens (tertiary/aromatic N) is 2. The second-order valence-electron chi connectivity index (χ2n) is 3.44. The molecular formula is C11H12ClN3O. The molecule has 4 nitrogen and oxygen atoms in total. The molecule has 2 rings (SSSR count). The summed E-state index contributed by atoms with van der Waals surface area (Å²) in [6.45, 7) is 0.591. The molecule has 84 valence electrons. The summed E-state index contributed by atoms with van der Waals surface area (Å²) in [6.07, 6.45) is 0.657. The summed E-state index contributed by atoms with van der Waals surface area (Å²) in [4.78, 5) is 4.24. The minimum Gasteiger partial charge on any atom is -0.338 e. The molecule has 0 saturated carbocycles. The zero-order valence-electron chi connectivity index (χ0n) is 8.90. The molecule has 0 amide bonds. The Kier molecular flexibility index (Phi) is 3.54. The first-order valence-corrected chi connectivity index (χ1v) is 5.36. The summed E-state index contributed by atoms with van der Waals surface area (Å²) in [6, 6.07) is 7.61. The van der Waals surface area contributed by atoms with Crippen molar-refractivity contribution in [3.8, 4) is 0 Å². The van der Waals surface area contributed by atoms with Crippen LogP contribution in [0.1, 0.15) is 17.3 Å². The molecular weight excluding hydrogens is 226 g/mol. The fraction of sp³-hybridized carbons (Fsp3) is 0.273. The predicted octanol–water partition coefficient (Wildman–Crippen LogP) is 2.03. The lowest BCUT2D eigenvalue weighted by Crippen LogP contribution is -2.05. The Bertz CT molecular complexity index is 453. The second kappa shape index (κ2) is 5.09. The maximum Gasteiger partial charge on any atom is 0.240 e. The first-order chi connectivity index (χ1) is 7.78. The molecule has 0 aliphatic carbocycles. The van der Waals surface area contributed by atoms with Crippen LogP contribution < -0.4 is 5.32 Å². The monoisotopic (exact) mass is 237 g/mol. The van der Waals surface area contributed by atoms with E-state index in [2.05, 4.69) is 15.5 Å². The summed E-state index contributed by atoms with van der Waals surface area (Å²) >= 11 is 5.80. The van der Waals surface area contributed by atoms with Gasteiger partial charge in [0.05, 0.1) is 6.54 Å². The third-order valence-electron chi connectivity index (χ3n) is 2.11. The van der Waals surface area contributed by atoms with E-state index in [1.165, 1.54) is 0 Å². The van der Waals surface area contributed by atoms with E-state index in [1.54, 1.807) is 0 Å². The molecule has 2 aromatic rings. The zero-order valence-corrected chi connectivity index (χ0v) is 9.66. The van der Waals surface area contributed by atoms with Gasteiger partial charge in [0.25, 0.3) is 0 Å². The molecule has 0 radical (unpaired) electrons. The third kappa shape index (κ3) is 2.81. The number of hydrogen-bond donors (Lipinski definition) is 1. The average Bonchev–Trinajstić information content (AvgIpc) is 2.70. The minimum atomic E-state index is 0.591. The average molecular weight is 238 g/mol. The van der Waals surface area contributed by atoms with Crippen molar-refractivity contribution in [2.45, 2.75) is 13.0 Å². The maximum atomic E-state index is 5.80. The van der Waals surface area contributed by atoms with E-state index in [4.69, 9.17) is 16.1 Å². The molecule has 0 fully saturated rings. The Morgan fingerprint density at radius 2 is 2.06 bits per heavy atom. The summed E-state index contributed by atoms with van der Waals surface area (Å²) in [5, 5.41) is 7.58. The Balaban J connectivity index is 2.05. The highest BCUT2D eigenvalue weighted by molar-refractivity contribution is 6.30. The number of rotatable bonds is 4. The van der Waals surface area contributed by atoms with E-state index in [1.807, 2.05) is 31.3 Å². The molecule has 0 spiro atoms.